The van der Waals surface area contributed by atoms with Gasteiger partial charge >= 0.3 is 0 Å². The van der Waals surface area contributed by atoms with Crippen LogP contribution in [0.4, 0.5) is 0 Å². The number of aliphatic hydroxyl groups is 1. The molecule has 2 aliphatic heterocycles. The maximum absolute atomic E-state index is 12.3. The van der Waals surface area contributed by atoms with E-state index in [0.29, 0.717) is 19.5 Å². The molecule has 0 bridgehead atoms. The van der Waals surface area contributed by atoms with Crippen LogP contribution < -0.4 is 5.73 Å². The fourth-order valence-corrected chi connectivity index (χ4v) is 3.82. The monoisotopic (exact) mass is 341 g/mol. The molecule has 0 aromatic heterocycles. The van der Waals surface area contributed by atoms with Gasteiger partial charge in [-0.15, -0.1) is 0 Å². The number of amides is 2. The smallest absolute Gasteiger partial charge is 0.241 e. The minimum atomic E-state index is -0.591. The molecule has 2 saturated heterocycles. The summed E-state index contributed by atoms with van der Waals surface area (Å²) in [6.45, 7) is 3.33. The summed E-state index contributed by atoms with van der Waals surface area (Å²) in [5.41, 5.74) is 5.98. The Hall–Kier alpha value is -1.18. The van der Waals surface area contributed by atoms with Crippen LogP contribution in [0.1, 0.15) is 38.5 Å². The van der Waals surface area contributed by atoms with Gasteiger partial charge < -0.3 is 25.4 Å². The lowest BCUT2D eigenvalue weighted by molar-refractivity contribution is -0.143. The zero-order valence-corrected chi connectivity index (χ0v) is 14.7. The maximum atomic E-state index is 12.3. The molecule has 1 atom stereocenters. The summed E-state index contributed by atoms with van der Waals surface area (Å²) in [7, 11) is 1.54. The number of nitrogens with two attached hydrogens (primary N) is 1. The first-order chi connectivity index (χ1) is 11.5. The summed E-state index contributed by atoms with van der Waals surface area (Å²) in [6, 6.07) is -0.591. The molecule has 0 saturated carbocycles. The van der Waals surface area contributed by atoms with Crippen LogP contribution >= 0.6 is 0 Å². The Morgan fingerprint density at radius 2 is 2.04 bits per heavy atom. The summed E-state index contributed by atoms with van der Waals surface area (Å²) in [5.74, 6) is 0.178. The average Bonchev–Trinajstić information content (AvgIpc) is 2.59. The first-order valence-electron chi connectivity index (χ1n) is 8.93. The van der Waals surface area contributed by atoms with Crippen molar-refractivity contribution in [1.82, 2.24) is 9.80 Å². The van der Waals surface area contributed by atoms with Gasteiger partial charge in [-0.05, 0) is 37.5 Å². The predicted molar refractivity (Wildman–Crippen MR) is 90.2 cm³/mol. The number of aliphatic hydroxyl groups excluding tert-OH is 1. The average molecular weight is 341 g/mol. The molecule has 7 nitrogen and oxygen atoms in total. The SMILES string of the molecule is COC[C@@H](N)C(=O)N1CCC2(CCC(=O)N(CCCCO)C2)CC1. The highest BCUT2D eigenvalue weighted by Gasteiger charge is 2.41. The second-order valence-electron chi connectivity index (χ2n) is 7.13. The first kappa shape index (κ1) is 19.1. The molecule has 0 aliphatic carbocycles. The molecule has 24 heavy (non-hydrogen) atoms. The summed E-state index contributed by atoms with van der Waals surface area (Å²) in [4.78, 5) is 28.2. The Bertz CT molecular complexity index is 436. The summed E-state index contributed by atoms with van der Waals surface area (Å²) < 4.78 is 4.96. The van der Waals surface area contributed by atoms with Gasteiger partial charge in [0.1, 0.15) is 6.04 Å². The summed E-state index contributed by atoms with van der Waals surface area (Å²) in [5, 5.41) is 8.91. The fourth-order valence-electron chi connectivity index (χ4n) is 3.82. The van der Waals surface area contributed by atoms with E-state index in [2.05, 4.69) is 0 Å². The Kier molecular flexibility index (Phi) is 7.01. The molecule has 2 heterocycles. The van der Waals surface area contributed by atoms with Gasteiger partial charge in [0.15, 0.2) is 0 Å². The van der Waals surface area contributed by atoms with Crippen molar-refractivity contribution in [2.75, 3.05) is 46.5 Å². The molecule has 0 aromatic rings. The standard InChI is InChI=1S/C17H31N3O4/c1-24-12-14(18)16(23)19-9-6-17(7-10-19)5-4-15(22)20(13-17)8-2-3-11-21/h14,21H,2-13,18H2,1H3/t14-/m1/s1. The molecular weight excluding hydrogens is 310 g/mol. The number of carbonyl (C=O) groups excluding carboxylic acids is 2. The van der Waals surface area contributed by atoms with Gasteiger partial charge in [0, 0.05) is 46.3 Å². The molecule has 0 aromatic carbocycles. The van der Waals surface area contributed by atoms with Crippen molar-refractivity contribution < 1.29 is 19.4 Å². The van der Waals surface area contributed by atoms with Crippen molar-refractivity contribution in [3.8, 4) is 0 Å². The van der Waals surface area contributed by atoms with Crippen LogP contribution in [-0.2, 0) is 14.3 Å². The van der Waals surface area contributed by atoms with Gasteiger partial charge in [-0.25, -0.2) is 0 Å². The van der Waals surface area contributed by atoms with Crippen LogP contribution in [0.2, 0.25) is 0 Å². The number of piperidine rings is 2. The Morgan fingerprint density at radius 1 is 1.33 bits per heavy atom. The van der Waals surface area contributed by atoms with E-state index in [9.17, 15) is 9.59 Å². The molecule has 138 valence electrons. The number of carbonyl (C=O) groups is 2. The van der Waals surface area contributed by atoms with Gasteiger partial charge in [-0.1, -0.05) is 0 Å². The van der Waals surface area contributed by atoms with E-state index < -0.39 is 6.04 Å². The molecule has 2 rings (SSSR count). The summed E-state index contributed by atoms with van der Waals surface area (Å²) in [6.07, 6.45) is 4.92. The van der Waals surface area contributed by atoms with Crippen LogP contribution in [0.25, 0.3) is 0 Å². The Morgan fingerprint density at radius 3 is 2.67 bits per heavy atom. The molecule has 2 amide bonds. The Labute approximate surface area is 144 Å². The molecule has 3 N–H and O–H groups in total. The third kappa shape index (κ3) is 4.68. The van der Waals surface area contributed by atoms with E-state index in [4.69, 9.17) is 15.6 Å². The van der Waals surface area contributed by atoms with E-state index in [1.165, 1.54) is 0 Å². The number of ether oxygens (including phenoxy) is 1. The largest absolute Gasteiger partial charge is 0.396 e. The molecule has 2 aliphatic rings. The third-order valence-electron chi connectivity index (χ3n) is 5.38. The lowest BCUT2D eigenvalue weighted by Gasteiger charge is -2.47. The fraction of sp³-hybridized carbons (Fsp3) is 0.882. The van der Waals surface area contributed by atoms with E-state index >= 15 is 0 Å². The highest BCUT2D eigenvalue weighted by Crippen LogP contribution is 2.40. The number of hydrogen-bond donors (Lipinski definition) is 2. The number of likely N-dealkylation sites (tertiary alicyclic amines) is 2. The van der Waals surface area contributed by atoms with Crippen LogP contribution in [-0.4, -0.2) is 79.3 Å². The first-order valence-corrected chi connectivity index (χ1v) is 8.93. The minimum Gasteiger partial charge on any atom is -0.396 e. The molecule has 1 spiro atoms. The Balaban J connectivity index is 1.87. The number of nitrogens with zero attached hydrogens (tertiary/aromatic N) is 2. The van der Waals surface area contributed by atoms with Crippen molar-refractivity contribution in [2.45, 2.75) is 44.6 Å². The lowest BCUT2D eigenvalue weighted by Crippen LogP contribution is -2.55. The lowest BCUT2D eigenvalue weighted by atomic mass is 9.72. The second kappa shape index (κ2) is 8.78. The van der Waals surface area contributed by atoms with Gasteiger partial charge in [0.25, 0.3) is 0 Å². The molecule has 7 heteroatoms. The molecule has 0 unspecified atom stereocenters. The van der Waals surface area contributed by atoms with E-state index in [1.807, 2.05) is 9.80 Å². The van der Waals surface area contributed by atoms with Gasteiger partial charge in [0.05, 0.1) is 6.61 Å². The highest BCUT2D eigenvalue weighted by molar-refractivity contribution is 5.82. The van der Waals surface area contributed by atoms with Crippen molar-refractivity contribution in [2.24, 2.45) is 11.1 Å². The highest BCUT2D eigenvalue weighted by atomic mass is 16.5. The van der Waals surface area contributed by atoms with Crippen LogP contribution in [0.3, 0.4) is 0 Å². The van der Waals surface area contributed by atoms with Crippen LogP contribution in [0.15, 0.2) is 0 Å². The number of methoxy groups -OCH3 is 1. The van der Waals surface area contributed by atoms with Gasteiger partial charge in [-0.3, -0.25) is 9.59 Å². The summed E-state index contributed by atoms with van der Waals surface area (Å²) >= 11 is 0. The molecular formula is C17H31N3O4. The number of unbranched alkanes of at least 4 members (excludes halogenated alkanes) is 1. The normalized spacial score (nSPS) is 22.0. The minimum absolute atomic E-state index is 0.0432. The third-order valence-corrected chi connectivity index (χ3v) is 5.38. The van der Waals surface area contributed by atoms with Crippen molar-refractivity contribution in [1.29, 1.82) is 0 Å². The van der Waals surface area contributed by atoms with E-state index in [0.717, 1.165) is 45.2 Å². The van der Waals surface area contributed by atoms with Gasteiger partial charge in [0.2, 0.25) is 11.8 Å². The quantitative estimate of drug-likeness (QED) is 0.634. The molecule has 0 radical (unpaired) electrons. The topological polar surface area (TPSA) is 96.1 Å². The molecule has 2 fully saturated rings. The van der Waals surface area contributed by atoms with E-state index in [-0.39, 0.29) is 30.4 Å². The maximum Gasteiger partial charge on any atom is 0.241 e. The zero-order chi connectivity index (χ0) is 17.6. The number of hydrogen-bond acceptors (Lipinski definition) is 5. The van der Waals surface area contributed by atoms with Gasteiger partial charge in [-0.2, -0.15) is 0 Å². The number of rotatable bonds is 7. The van der Waals surface area contributed by atoms with Crippen molar-refractivity contribution >= 4 is 11.8 Å². The van der Waals surface area contributed by atoms with Crippen LogP contribution in [0, 0.1) is 5.41 Å². The zero-order valence-electron chi connectivity index (χ0n) is 14.7. The van der Waals surface area contributed by atoms with Crippen LogP contribution in [0.5, 0.6) is 0 Å². The predicted octanol–water partition coefficient (Wildman–Crippen LogP) is -0.0362. The van der Waals surface area contributed by atoms with Crippen molar-refractivity contribution in [3.63, 3.8) is 0 Å². The second-order valence-corrected chi connectivity index (χ2v) is 7.13. The van der Waals surface area contributed by atoms with E-state index in [1.54, 1.807) is 7.11 Å². The van der Waals surface area contributed by atoms with Crippen molar-refractivity contribution in [3.05, 3.63) is 0 Å².